The second-order valence-electron chi connectivity index (χ2n) is 5.53. The fourth-order valence-corrected chi connectivity index (χ4v) is 2.80. The molecule has 1 aromatic carbocycles. The summed E-state index contributed by atoms with van der Waals surface area (Å²) in [6.07, 6.45) is 5.08. The van der Waals surface area contributed by atoms with Crippen LogP contribution in [0.1, 0.15) is 5.56 Å². The number of aromatic nitrogens is 3. The van der Waals surface area contributed by atoms with E-state index in [0.29, 0.717) is 19.2 Å². The van der Waals surface area contributed by atoms with Crippen LogP contribution in [0.25, 0.3) is 22.4 Å². The van der Waals surface area contributed by atoms with Crippen LogP contribution < -0.4 is 4.74 Å². The molecule has 0 spiro atoms. The molecule has 0 radical (unpaired) electrons. The highest BCUT2D eigenvalue weighted by molar-refractivity contribution is 5.93. The minimum absolute atomic E-state index is 0.357. The molecule has 3 heterocycles. The van der Waals surface area contributed by atoms with E-state index in [-0.39, 0.29) is 0 Å². The predicted octanol–water partition coefficient (Wildman–Crippen LogP) is 3.87. The van der Waals surface area contributed by atoms with Gasteiger partial charge in [-0.25, -0.2) is 4.98 Å². The number of hydrogen-bond acceptors (Lipinski definition) is 5. The van der Waals surface area contributed by atoms with Crippen LogP contribution in [0.3, 0.4) is 0 Å². The zero-order valence-electron chi connectivity index (χ0n) is 13.8. The van der Waals surface area contributed by atoms with Crippen molar-refractivity contribution < 1.29 is 13.9 Å². The van der Waals surface area contributed by atoms with Crippen molar-refractivity contribution in [3.05, 3.63) is 66.8 Å². The van der Waals surface area contributed by atoms with Crippen LogP contribution in [-0.4, -0.2) is 21.6 Å². The van der Waals surface area contributed by atoms with Gasteiger partial charge in [0.1, 0.15) is 29.9 Å². The van der Waals surface area contributed by atoms with Crippen molar-refractivity contribution >= 4 is 11.0 Å². The molecule has 126 valence electrons. The third kappa shape index (κ3) is 2.99. The maximum Gasteiger partial charge on any atom is 0.241 e. The summed E-state index contributed by atoms with van der Waals surface area (Å²) in [7, 11) is 1.59. The minimum Gasteiger partial charge on any atom is -0.479 e. The molecule has 0 aliphatic carbocycles. The molecule has 0 unspecified atom stereocenters. The molecule has 6 nitrogen and oxygen atoms in total. The summed E-state index contributed by atoms with van der Waals surface area (Å²) in [4.78, 5) is 8.61. The zero-order valence-corrected chi connectivity index (χ0v) is 13.8. The van der Waals surface area contributed by atoms with Crippen molar-refractivity contribution in [2.24, 2.45) is 0 Å². The lowest BCUT2D eigenvalue weighted by Gasteiger charge is -2.08. The summed E-state index contributed by atoms with van der Waals surface area (Å²) in [5.74, 6) is 1.25. The Morgan fingerprint density at radius 3 is 2.72 bits per heavy atom. The SMILES string of the molecule is COc1ncnc2c(-c3ccco3)cn(COCc3ccccc3)c12. The lowest BCUT2D eigenvalue weighted by Crippen LogP contribution is -2.03. The molecule has 0 aliphatic heterocycles. The summed E-state index contributed by atoms with van der Waals surface area (Å²) in [5.41, 5.74) is 3.55. The molecule has 0 N–H and O–H groups in total. The monoisotopic (exact) mass is 335 g/mol. The lowest BCUT2D eigenvalue weighted by molar-refractivity contribution is 0.0665. The molecule has 0 amide bonds. The highest BCUT2D eigenvalue weighted by atomic mass is 16.5. The van der Waals surface area contributed by atoms with Gasteiger partial charge in [-0.1, -0.05) is 30.3 Å². The number of benzene rings is 1. The Morgan fingerprint density at radius 2 is 1.96 bits per heavy atom. The molecule has 0 bridgehead atoms. The Hall–Kier alpha value is -3.12. The second-order valence-corrected chi connectivity index (χ2v) is 5.53. The third-order valence-corrected chi connectivity index (χ3v) is 3.94. The van der Waals surface area contributed by atoms with Gasteiger partial charge in [0.2, 0.25) is 5.88 Å². The van der Waals surface area contributed by atoms with Crippen molar-refractivity contribution in [2.45, 2.75) is 13.3 Å². The maximum absolute atomic E-state index is 5.87. The minimum atomic E-state index is 0.357. The molecule has 0 saturated heterocycles. The van der Waals surface area contributed by atoms with Gasteiger partial charge < -0.3 is 18.5 Å². The van der Waals surface area contributed by atoms with Crippen molar-refractivity contribution in [3.63, 3.8) is 0 Å². The van der Waals surface area contributed by atoms with E-state index in [4.69, 9.17) is 13.9 Å². The molecule has 0 atom stereocenters. The molecule has 4 rings (SSSR count). The largest absolute Gasteiger partial charge is 0.479 e. The number of rotatable bonds is 6. The van der Waals surface area contributed by atoms with Crippen molar-refractivity contribution in [1.29, 1.82) is 0 Å². The van der Waals surface area contributed by atoms with Gasteiger partial charge in [-0.15, -0.1) is 0 Å². The first-order valence-electron chi connectivity index (χ1n) is 7.90. The highest BCUT2D eigenvalue weighted by Gasteiger charge is 2.18. The number of fused-ring (bicyclic) bond motifs is 1. The van der Waals surface area contributed by atoms with E-state index in [0.717, 1.165) is 27.9 Å². The fraction of sp³-hybridized carbons (Fsp3) is 0.158. The highest BCUT2D eigenvalue weighted by Crippen LogP contribution is 2.33. The van der Waals surface area contributed by atoms with Crippen LogP contribution >= 0.6 is 0 Å². The number of hydrogen-bond donors (Lipinski definition) is 0. The Kier molecular flexibility index (Phi) is 4.18. The van der Waals surface area contributed by atoms with E-state index in [1.54, 1.807) is 13.4 Å². The van der Waals surface area contributed by atoms with Crippen LogP contribution in [-0.2, 0) is 18.1 Å². The van der Waals surface area contributed by atoms with Gasteiger partial charge >= 0.3 is 0 Å². The number of nitrogens with zero attached hydrogens (tertiary/aromatic N) is 3. The molecular formula is C19H17N3O3. The van der Waals surface area contributed by atoms with Gasteiger partial charge in [0.15, 0.2) is 0 Å². The van der Waals surface area contributed by atoms with E-state index >= 15 is 0 Å². The Bertz CT molecular complexity index is 962. The zero-order chi connectivity index (χ0) is 17.1. The van der Waals surface area contributed by atoms with Crippen molar-refractivity contribution in [2.75, 3.05) is 7.11 Å². The van der Waals surface area contributed by atoms with Gasteiger partial charge in [0, 0.05) is 6.20 Å². The average molecular weight is 335 g/mol. The molecule has 3 aromatic heterocycles. The van der Waals surface area contributed by atoms with Crippen molar-refractivity contribution in [3.8, 4) is 17.2 Å². The second kappa shape index (κ2) is 6.78. The van der Waals surface area contributed by atoms with Crippen molar-refractivity contribution in [1.82, 2.24) is 14.5 Å². The molecule has 0 fully saturated rings. The summed E-state index contributed by atoms with van der Waals surface area (Å²) in [6.45, 7) is 0.877. The lowest BCUT2D eigenvalue weighted by atomic mass is 10.2. The summed E-state index contributed by atoms with van der Waals surface area (Å²) in [5, 5.41) is 0. The molecule has 0 saturated carbocycles. The van der Waals surface area contributed by atoms with Gasteiger partial charge in [0.25, 0.3) is 0 Å². The first-order valence-corrected chi connectivity index (χ1v) is 7.90. The topological polar surface area (TPSA) is 62.3 Å². The van der Waals surface area contributed by atoms with E-state index in [1.807, 2.05) is 53.2 Å². The van der Waals surface area contributed by atoms with Crippen LogP contribution in [0.4, 0.5) is 0 Å². The summed E-state index contributed by atoms with van der Waals surface area (Å²) < 4.78 is 18.7. The maximum atomic E-state index is 5.87. The number of methoxy groups -OCH3 is 1. The number of furan rings is 1. The average Bonchev–Trinajstić information content (AvgIpc) is 3.30. The summed E-state index contributed by atoms with van der Waals surface area (Å²) in [6, 6.07) is 13.8. The predicted molar refractivity (Wildman–Crippen MR) is 93.0 cm³/mol. The van der Waals surface area contributed by atoms with Crippen LogP contribution in [0.2, 0.25) is 0 Å². The summed E-state index contributed by atoms with van der Waals surface area (Å²) >= 11 is 0. The van der Waals surface area contributed by atoms with Gasteiger partial charge in [-0.3, -0.25) is 0 Å². The first-order chi connectivity index (χ1) is 12.4. The molecule has 25 heavy (non-hydrogen) atoms. The third-order valence-electron chi connectivity index (χ3n) is 3.94. The fourth-order valence-electron chi connectivity index (χ4n) is 2.80. The molecule has 6 heteroatoms. The van der Waals surface area contributed by atoms with Crippen LogP contribution in [0.5, 0.6) is 5.88 Å². The molecular weight excluding hydrogens is 318 g/mol. The van der Waals surface area contributed by atoms with Crippen LogP contribution in [0, 0.1) is 0 Å². The van der Waals surface area contributed by atoms with E-state index < -0.39 is 0 Å². The quantitative estimate of drug-likeness (QED) is 0.535. The normalized spacial score (nSPS) is 11.1. The molecule has 0 aliphatic rings. The van der Waals surface area contributed by atoms with Gasteiger partial charge in [-0.2, -0.15) is 4.98 Å². The molecule has 4 aromatic rings. The Morgan fingerprint density at radius 1 is 1.08 bits per heavy atom. The van der Waals surface area contributed by atoms with Gasteiger partial charge in [-0.05, 0) is 17.7 Å². The van der Waals surface area contributed by atoms with E-state index in [9.17, 15) is 0 Å². The smallest absolute Gasteiger partial charge is 0.241 e. The Labute approximate surface area is 144 Å². The first kappa shape index (κ1) is 15.4. The number of ether oxygens (including phenoxy) is 2. The van der Waals surface area contributed by atoms with E-state index in [1.165, 1.54) is 6.33 Å². The van der Waals surface area contributed by atoms with Crippen LogP contribution in [0.15, 0.2) is 65.7 Å². The van der Waals surface area contributed by atoms with E-state index in [2.05, 4.69) is 9.97 Å². The standard InChI is InChI=1S/C19H17N3O3/c1-23-19-18-17(20-12-21-19)15(16-8-5-9-25-16)10-22(18)13-24-11-14-6-3-2-4-7-14/h2-10,12H,11,13H2,1H3. The van der Waals surface area contributed by atoms with Gasteiger partial charge in [0.05, 0.1) is 25.5 Å². The Balaban J connectivity index is 1.68.